The van der Waals surface area contributed by atoms with Gasteiger partial charge in [0.2, 0.25) is 11.8 Å². The van der Waals surface area contributed by atoms with Gasteiger partial charge in [0.25, 0.3) is 0 Å². The van der Waals surface area contributed by atoms with E-state index in [0.717, 1.165) is 18.0 Å². The van der Waals surface area contributed by atoms with Gasteiger partial charge in [-0.3, -0.25) is 14.5 Å². The van der Waals surface area contributed by atoms with Crippen molar-refractivity contribution in [1.29, 1.82) is 0 Å². The van der Waals surface area contributed by atoms with Crippen LogP contribution >= 0.6 is 0 Å². The van der Waals surface area contributed by atoms with Crippen molar-refractivity contribution in [3.05, 3.63) is 0 Å². The molecular formula is C12H23N3O3. The summed E-state index contributed by atoms with van der Waals surface area (Å²) < 4.78 is 0. The fourth-order valence-corrected chi connectivity index (χ4v) is 2.04. The first-order chi connectivity index (χ1) is 8.49. The summed E-state index contributed by atoms with van der Waals surface area (Å²) in [5.41, 5.74) is 0. The number of imide groups is 1. The molecule has 1 saturated heterocycles. The Hall–Kier alpha value is -0.980. The van der Waals surface area contributed by atoms with Crippen molar-refractivity contribution >= 4 is 11.8 Å². The molecule has 6 nitrogen and oxygen atoms in total. The van der Waals surface area contributed by atoms with Gasteiger partial charge in [0.05, 0.1) is 18.6 Å². The Bertz CT molecular complexity index is 305. The number of likely N-dealkylation sites (N-methyl/N-ethyl adjacent to an activating group) is 2. The van der Waals surface area contributed by atoms with Crippen LogP contribution in [-0.2, 0) is 9.59 Å². The molecule has 0 aromatic heterocycles. The van der Waals surface area contributed by atoms with Gasteiger partial charge in [-0.15, -0.1) is 0 Å². The van der Waals surface area contributed by atoms with E-state index < -0.39 is 12.1 Å². The number of hydrogen-bond donors (Lipinski definition) is 2. The highest BCUT2D eigenvalue weighted by Gasteiger charge is 2.35. The van der Waals surface area contributed by atoms with Crippen molar-refractivity contribution in [1.82, 2.24) is 15.1 Å². The summed E-state index contributed by atoms with van der Waals surface area (Å²) in [6.45, 7) is 6.75. The minimum atomic E-state index is -0.529. The number of amides is 2. The van der Waals surface area contributed by atoms with Crippen molar-refractivity contribution in [3.8, 4) is 0 Å². The van der Waals surface area contributed by atoms with Crippen LogP contribution in [0.25, 0.3) is 0 Å². The number of carbonyl (C=O) groups is 2. The van der Waals surface area contributed by atoms with Crippen LogP contribution in [0.15, 0.2) is 0 Å². The molecule has 2 amide bonds. The van der Waals surface area contributed by atoms with Crippen molar-refractivity contribution in [2.24, 2.45) is 0 Å². The molecule has 0 bridgehead atoms. The third-order valence-electron chi connectivity index (χ3n) is 3.34. The number of aliphatic hydroxyl groups excluding tert-OH is 1. The summed E-state index contributed by atoms with van der Waals surface area (Å²) in [6.07, 6.45) is -0.341. The van der Waals surface area contributed by atoms with Gasteiger partial charge in [-0.05, 0) is 13.1 Å². The normalized spacial score (nSPS) is 22.1. The molecule has 0 saturated carbocycles. The van der Waals surface area contributed by atoms with Crippen LogP contribution in [0.5, 0.6) is 0 Å². The Kier molecular flexibility index (Phi) is 5.71. The standard InChI is InChI=1S/C12H23N3O3/c1-4-15(5-2)8-9(16)7-13-10-6-11(17)14(3)12(10)18/h9-10,13,16H,4-8H2,1-3H3. The van der Waals surface area contributed by atoms with Gasteiger partial charge in [0.1, 0.15) is 0 Å². The highest BCUT2D eigenvalue weighted by Crippen LogP contribution is 2.10. The van der Waals surface area contributed by atoms with E-state index in [1.807, 2.05) is 13.8 Å². The number of nitrogens with one attached hydrogen (secondary N) is 1. The number of likely N-dealkylation sites (tertiary alicyclic amines) is 1. The van der Waals surface area contributed by atoms with E-state index in [1.54, 1.807) is 0 Å². The summed E-state index contributed by atoms with van der Waals surface area (Å²) in [5, 5.41) is 12.8. The Morgan fingerprint density at radius 1 is 1.44 bits per heavy atom. The lowest BCUT2D eigenvalue weighted by Gasteiger charge is -2.22. The quantitative estimate of drug-likeness (QED) is 0.575. The first-order valence-corrected chi connectivity index (χ1v) is 6.43. The van der Waals surface area contributed by atoms with Crippen LogP contribution in [0.1, 0.15) is 20.3 Å². The van der Waals surface area contributed by atoms with Gasteiger partial charge >= 0.3 is 0 Å². The van der Waals surface area contributed by atoms with Gasteiger partial charge in [-0.1, -0.05) is 13.8 Å². The van der Waals surface area contributed by atoms with Crippen molar-refractivity contribution in [2.75, 3.05) is 33.2 Å². The minimum absolute atomic E-state index is 0.171. The molecule has 2 unspecified atom stereocenters. The van der Waals surface area contributed by atoms with E-state index in [0.29, 0.717) is 13.1 Å². The Labute approximate surface area is 108 Å². The fraction of sp³-hybridized carbons (Fsp3) is 0.833. The lowest BCUT2D eigenvalue weighted by molar-refractivity contribution is -0.137. The molecular weight excluding hydrogens is 234 g/mol. The number of rotatable bonds is 7. The minimum Gasteiger partial charge on any atom is -0.390 e. The summed E-state index contributed by atoms with van der Waals surface area (Å²) in [5.74, 6) is -0.384. The van der Waals surface area contributed by atoms with Crippen LogP contribution in [0.4, 0.5) is 0 Å². The summed E-state index contributed by atoms with van der Waals surface area (Å²) in [7, 11) is 1.48. The van der Waals surface area contributed by atoms with E-state index in [2.05, 4.69) is 10.2 Å². The van der Waals surface area contributed by atoms with Gasteiger partial charge in [-0.25, -0.2) is 0 Å². The second kappa shape index (κ2) is 6.82. The molecule has 1 heterocycles. The molecule has 0 spiro atoms. The molecule has 104 valence electrons. The second-order valence-electron chi connectivity index (χ2n) is 4.60. The van der Waals surface area contributed by atoms with Crippen LogP contribution in [-0.4, -0.2) is 72.1 Å². The molecule has 0 aromatic rings. The fourth-order valence-electron chi connectivity index (χ4n) is 2.04. The zero-order chi connectivity index (χ0) is 13.7. The molecule has 2 atom stereocenters. The molecule has 1 aliphatic rings. The van der Waals surface area contributed by atoms with Crippen LogP contribution in [0.3, 0.4) is 0 Å². The first-order valence-electron chi connectivity index (χ1n) is 6.43. The Morgan fingerprint density at radius 3 is 2.50 bits per heavy atom. The van der Waals surface area contributed by atoms with Crippen LogP contribution in [0, 0.1) is 0 Å². The zero-order valence-corrected chi connectivity index (χ0v) is 11.3. The SMILES string of the molecule is CCN(CC)CC(O)CNC1CC(=O)N(C)C1=O. The predicted molar refractivity (Wildman–Crippen MR) is 68.0 cm³/mol. The highest BCUT2D eigenvalue weighted by molar-refractivity contribution is 6.05. The van der Waals surface area contributed by atoms with Crippen LogP contribution < -0.4 is 5.32 Å². The average molecular weight is 257 g/mol. The monoisotopic (exact) mass is 257 g/mol. The molecule has 2 N–H and O–H groups in total. The van der Waals surface area contributed by atoms with Gasteiger partial charge in [-0.2, -0.15) is 0 Å². The highest BCUT2D eigenvalue weighted by atomic mass is 16.3. The topological polar surface area (TPSA) is 72.9 Å². The lowest BCUT2D eigenvalue weighted by atomic mass is 10.2. The predicted octanol–water partition coefficient (Wildman–Crippen LogP) is -0.964. The van der Waals surface area contributed by atoms with Crippen molar-refractivity contribution in [3.63, 3.8) is 0 Å². The molecule has 0 aromatic carbocycles. The molecule has 6 heteroatoms. The molecule has 1 fully saturated rings. The van der Waals surface area contributed by atoms with E-state index in [9.17, 15) is 14.7 Å². The Morgan fingerprint density at radius 2 is 2.06 bits per heavy atom. The molecule has 0 radical (unpaired) electrons. The third kappa shape index (κ3) is 3.76. The number of carbonyl (C=O) groups excluding carboxylic acids is 2. The van der Waals surface area contributed by atoms with E-state index in [-0.39, 0.29) is 18.2 Å². The Balaban J connectivity index is 2.33. The summed E-state index contributed by atoms with van der Waals surface area (Å²) in [4.78, 5) is 26.2. The first kappa shape index (κ1) is 15.1. The maximum atomic E-state index is 11.6. The van der Waals surface area contributed by atoms with Crippen molar-refractivity contribution < 1.29 is 14.7 Å². The van der Waals surface area contributed by atoms with Crippen LogP contribution in [0.2, 0.25) is 0 Å². The van der Waals surface area contributed by atoms with Gasteiger partial charge in [0.15, 0.2) is 0 Å². The molecule has 18 heavy (non-hydrogen) atoms. The average Bonchev–Trinajstić information content (AvgIpc) is 2.61. The second-order valence-corrected chi connectivity index (χ2v) is 4.60. The summed E-state index contributed by atoms with van der Waals surface area (Å²) in [6, 6.07) is -0.478. The maximum absolute atomic E-state index is 11.6. The molecule has 1 aliphatic heterocycles. The van der Waals surface area contributed by atoms with E-state index >= 15 is 0 Å². The lowest BCUT2D eigenvalue weighted by Crippen LogP contribution is -2.44. The maximum Gasteiger partial charge on any atom is 0.246 e. The largest absolute Gasteiger partial charge is 0.390 e. The summed E-state index contributed by atoms with van der Waals surface area (Å²) >= 11 is 0. The number of hydrogen-bond acceptors (Lipinski definition) is 5. The van der Waals surface area contributed by atoms with E-state index in [1.165, 1.54) is 7.05 Å². The third-order valence-corrected chi connectivity index (χ3v) is 3.34. The smallest absolute Gasteiger partial charge is 0.246 e. The molecule has 1 rings (SSSR count). The van der Waals surface area contributed by atoms with Gasteiger partial charge < -0.3 is 15.3 Å². The zero-order valence-electron chi connectivity index (χ0n) is 11.3. The van der Waals surface area contributed by atoms with E-state index in [4.69, 9.17) is 0 Å². The number of nitrogens with zero attached hydrogens (tertiary/aromatic N) is 2. The van der Waals surface area contributed by atoms with Gasteiger partial charge in [0, 0.05) is 20.1 Å². The number of aliphatic hydroxyl groups is 1. The van der Waals surface area contributed by atoms with Crippen molar-refractivity contribution in [2.45, 2.75) is 32.4 Å². The molecule has 0 aliphatic carbocycles.